The molecule has 1 aromatic rings. The summed E-state index contributed by atoms with van der Waals surface area (Å²) in [5.74, 6) is -2.07. The highest BCUT2D eigenvalue weighted by atomic mass is 16.8. The molecule has 3 aliphatic heterocycles. The van der Waals surface area contributed by atoms with E-state index in [2.05, 4.69) is 10.2 Å². The predicted molar refractivity (Wildman–Crippen MR) is 115 cm³/mol. The first-order valence-corrected chi connectivity index (χ1v) is 11.2. The lowest BCUT2D eigenvalue weighted by molar-refractivity contribution is -0.298. The van der Waals surface area contributed by atoms with Crippen molar-refractivity contribution in [2.45, 2.75) is 75.6 Å². The van der Waals surface area contributed by atoms with Gasteiger partial charge in [0.05, 0.1) is 13.2 Å². The van der Waals surface area contributed by atoms with Crippen LogP contribution in [0.4, 0.5) is 4.79 Å². The fourth-order valence-electron chi connectivity index (χ4n) is 4.68. The molecule has 0 aromatic heterocycles. The summed E-state index contributed by atoms with van der Waals surface area (Å²) in [4.78, 5) is 14.5. The summed E-state index contributed by atoms with van der Waals surface area (Å²) in [7, 11) is 0. The van der Waals surface area contributed by atoms with Gasteiger partial charge < -0.3 is 34.5 Å². The van der Waals surface area contributed by atoms with Gasteiger partial charge in [0.1, 0.15) is 24.9 Å². The van der Waals surface area contributed by atoms with Crippen LogP contribution in [0.1, 0.15) is 39.2 Å². The second-order valence-electron chi connectivity index (χ2n) is 9.74. The Balaban J connectivity index is 1.30. The van der Waals surface area contributed by atoms with Crippen LogP contribution in [0.25, 0.3) is 0 Å². The van der Waals surface area contributed by atoms with Crippen molar-refractivity contribution in [1.29, 1.82) is 0 Å². The van der Waals surface area contributed by atoms with Gasteiger partial charge in [-0.05, 0) is 39.2 Å². The summed E-state index contributed by atoms with van der Waals surface area (Å²) in [5.41, 5.74) is 0.564. The molecule has 1 amide bonds. The lowest BCUT2D eigenvalue weighted by Crippen LogP contribution is -2.64. The van der Waals surface area contributed by atoms with Gasteiger partial charge in [0.25, 0.3) is 0 Å². The zero-order chi connectivity index (χ0) is 23.0. The third-order valence-corrected chi connectivity index (χ3v) is 6.49. The number of nitrogens with zero attached hydrogens (tertiary/aromatic N) is 1. The van der Waals surface area contributed by atoms with E-state index >= 15 is 0 Å². The molecule has 32 heavy (non-hydrogen) atoms. The molecule has 3 heterocycles. The van der Waals surface area contributed by atoms with E-state index in [0.29, 0.717) is 19.6 Å². The first kappa shape index (κ1) is 23.4. The van der Waals surface area contributed by atoms with Crippen molar-refractivity contribution in [3.63, 3.8) is 0 Å². The van der Waals surface area contributed by atoms with Crippen molar-refractivity contribution >= 4 is 6.09 Å². The van der Waals surface area contributed by atoms with E-state index in [9.17, 15) is 15.0 Å². The normalized spacial score (nSPS) is 34.0. The molecule has 0 radical (unpaired) electrons. The number of hydrogen-bond donors (Lipinski definition) is 3. The van der Waals surface area contributed by atoms with E-state index in [1.165, 1.54) is 0 Å². The molecule has 1 aromatic carbocycles. The average Bonchev–Trinajstić information content (AvgIpc) is 3.03. The third-order valence-electron chi connectivity index (χ3n) is 6.49. The Morgan fingerprint density at radius 2 is 1.88 bits per heavy atom. The minimum Gasteiger partial charge on any atom is -0.445 e. The molecule has 0 aliphatic carbocycles. The summed E-state index contributed by atoms with van der Waals surface area (Å²) in [6.45, 7) is 7.59. The number of aliphatic hydroxyl groups is 2. The Bertz CT molecular complexity index is 797. The van der Waals surface area contributed by atoms with Crippen LogP contribution in [0.15, 0.2) is 30.3 Å². The van der Waals surface area contributed by atoms with Crippen LogP contribution in [0.5, 0.6) is 0 Å². The van der Waals surface area contributed by atoms with Gasteiger partial charge in [-0.2, -0.15) is 0 Å². The van der Waals surface area contributed by atoms with Crippen molar-refractivity contribution in [3.05, 3.63) is 35.9 Å². The SMILES string of the molecule is CC1(NC(=O)OCc2ccccc2)CCN(C[C@@]23OC[C@@H](O)[C@@H](O)[C@@H]2OC(C)(C)O3)CC1. The predicted octanol–water partition coefficient (Wildman–Crippen LogP) is 1.37. The van der Waals surface area contributed by atoms with Crippen molar-refractivity contribution in [2.24, 2.45) is 0 Å². The molecule has 0 spiro atoms. The molecular formula is C23H34N2O7. The van der Waals surface area contributed by atoms with E-state index in [-0.39, 0.29) is 18.8 Å². The Morgan fingerprint density at radius 1 is 1.19 bits per heavy atom. The number of amides is 1. The van der Waals surface area contributed by atoms with Gasteiger partial charge in [-0.1, -0.05) is 30.3 Å². The molecule has 3 aliphatic rings. The van der Waals surface area contributed by atoms with E-state index < -0.39 is 36.0 Å². The topological polar surface area (TPSA) is 110 Å². The van der Waals surface area contributed by atoms with Crippen molar-refractivity contribution < 1.29 is 34.0 Å². The second-order valence-corrected chi connectivity index (χ2v) is 9.74. The number of carbonyl (C=O) groups excluding carboxylic acids is 1. The summed E-state index contributed by atoms with van der Waals surface area (Å²) in [5, 5.41) is 23.5. The van der Waals surface area contributed by atoms with Gasteiger partial charge >= 0.3 is 6.09 Å². The Hall–Kier alpha value is -1.75. The molecule has 9 heteroatoms. The smallest absolute Gasteiger partial charge is 0.407 e. The number of fused-ring (bicyclic) bond motifs is 1. The van der Waals surface area contributed by atoms with Crippen LogP contribution in [0, 0.1) is 0 Å². The maximum atomic E-state index is 12.3. The van der Waals surface area contributed by atoms with Gasteiger partial charge in [-0.25, -0.2) is 4.79 Å². The maximum absolute atomic E-state index is 12.3. The molecule has 3 fully saturated rings. The summed E-state index contributed by atoms with van der Waals surface area (Å²) < 4.78 is 23.3. The fraction of sp³-hybridized carbons (Fsp3) is 0.696. The highest BCUT2D eigenvalue weighted by molar-refractivity contribution is 5.68. The number of piperidine rings is 1. The van der Waals surface area contributed by atoms with Gasteiger partial charge in [0.2, 0.25) is 5.79 Å². The summed E-state index contributed by atoms with van der Waals surface area (Å²) >= 11 is 0. The Labute approximate surface area is 188 Å². The number of benzene rings is 1. The minimum atomic E-state index is -1.14. The number of ether oxygens (including phenoxy) is 4. The van der Waals surface area contributed by atoms with Crippen molar-refractivity contribution in [2.75, 3.05) is 26.2 Å². The van der Waals surface area contributed by atoms with Gasteiger partial charge in [0.15, 0.2) is 5.79 Å². The fourth-order valence-corrected chi connectivity index (χ4v) is 4.68. The number of rotatable bonds is 5. The molecule has 0 bridgehead atoms. The zero-order valence-electron chi connectivity index (χ0n) is 19.0. The molecule has 4 atom stereocenters. The van der Waals surface area contributed by atoms with Crippen LogP contribution in [-0.2, 0) is 25.6 Å². The highest BCUT2D eigenvalue weighted by Crippen LogP contribution is 2.43. The highest BCUT2D eigenvalue weighted by Gasteiger charge is 2.61. The molecule has 178 valence electrons. The molecule has 3 N–H and O–H groups in total. The van der Waals surface area contributed by atoms with E-state index in [0.717, 1.165) is 18.4 Å². The molecule has 0 unspecified atom stereocenters. The molecule has 9 nitrogen and oxygen atoms in total. The number of likely N-dealkylation sites (tertiary alicyclic amines) is 1. The third kappa shape index (κ3) is 5.08. The van der Waals surface area contributed by atoms with Crippen LogP contribution >= 0.6 is 0 Å². The van der Waals surface area contributed by atoms with E-state index in [1.807, 2.05) is 37.3 Å². The molecular weight excluding hydrogens is 416 g/mol. The number of hydrogen-bond acceptors (Lipinski definition) is 8. The van der Waals surface area contributed by atoms with Crippen LogP contribution in [0.2, 0.25) is 0 Å². The quantitative estimate of drug-likeness (QED) is 0.617. The molecule has 4 rings (SSSR count). The second kappa shape index (κ2) is 8.89. The van der Waals surface area contributed by atoms with Gasteiger partial charge in [0, 0.05) is 18.6 Å². The molecule has 0 saturated carbocycles. The van der Waals surface area contributed by atoms with Crippen LogP contribution < -0.4 is 5.32 Å². The molecule has 3 saturated heterocycles. The number of aliphatic hydroxyl groups excluding tert-OH is 2. The van der Waals surface area contributed by atoms with Crippen molar-refractivity contribution in [1.82, 2.24) is 10.2 Å². The van der Waals surface area contributed by atoms with Crippen LogP contribution in [-0.4, -0.2) is 82.9 Å². The number of alkyl carbamates (subject to hydrolysis) is 1. The van der Waals surface area contributed by atoms with E-state index in [4.69, 9.17) is 18.9 Å². The Kier molecular flexibility index (Phi) is 6.50. The van der Waals surface area contributed by atoms with Crippen molar-refractivity contribution in [3.8, 4) is 0 Å². The standard InChI is InChI=1S/C23H34N2O7/c1-21(2)31-19-18(27)17(26)14-30-23(19,32-21)15-25-11-9-22(3,10-12-25)24-20(28)29-13-16-7-5-4-6-8-16/h4-8,17-19,26-27H,9-15H2,1-3H3,(H,24,28)/t17-,18-,19+,23+/m1/s1. The van der Waals surface area contributed by atoms with E-state index in [1.54, 1.807) is 13.8 Å². The first-order chi connectivity index (χ1) is 15.1. The lowest BCUT2D eigenvalue weighted by Gasteiger charge is -2.46. The lowest BCUT2D eigenvalue weighted by atomic mass is 9.88. The summed E-state index contributed by atoms with van der Waals surface area (Å²) in [6.07, 6.45) is -1.85. The monoisotopic (exact) mass is 450 g/mol. The number of carbonyl (C=O) groups is 1. The minimum absolute atomic E-state index is 0.0164. The first-order valence-electron chi connectivity index (χ1n) is 11.2. The maximum Gasteiger partial charge on any atom is 0.407 e. The average molecular weight is 451 g/mol. The largest absolute Gasteiger partial charge is 0.445 e. The zero-order valence-corrected chi connectivity index (χ0v) is 19.0. The van der Waals surface area contributed by atoms with Gasteiger partial charge in [-0.15, -0.1) is 0 Å². The van der Waals surface area contributed by atoms with Gasteiger partial charge in [-0.3, -0.25) is 4.90 Å². The Morgan fingerprint density at radius 3 is 2.56 bits per heavy atom. The number of nitrogens with one attached hydrogen (secondary N) is 1. The summed E-state index contributed by atoms with van der Waals surface area (Å²) in [6, 6.07) is 9.57. The van der Waals surface area contributed by atoms with Crippen LogP contribution in [0.3, 0.4) is 0 Å².